The SMILES string of the molecule is O=C(O)c1ccc(CNc2ccc(O)c(Cl)c2)o1. The Balaban J connectivity index is 2.02. The monoisotopic (exact) mass is 267 g/mol. The Morgan fingerprint density at radius 3 is 2.72 bits per heavy atom. The van der Waals surface area contributed by atoms with Gasteiger partial charge in [-0.1, -0.05) is 11.6 Å². The van der Waals surface area contributed by atoms with Crippen molar-refractivity contribution >= 4 is 23.3 Å². The van der Waals surface area contributed by atoms with Crippen LogP contribution in [0.3, 0.4) is 0 Å². The van der Waals surface area contributed by atoms with Crippen LogP contribution in [0.4, 0.5) is 5.69 Å². The minimum absolute atomic E-state index is 0.00776. The first-order chi connectivity index (χ1) is 8.56. The van der Waals surface area contributed by atoms with Gasteiger partial charge in [0.2, 0.25) is 5.76 Å². The minimum Gasteiger partial charge on any atom is -0.506 e. The lowest BCUT2D eigenvalue weighted by Crippen LogP contribution is -1.98. The van der Waals surface area contributed by atoms with Crippen LogP contribution in [-0.4, -0.2) is 16.2 Å². The van der Waals surface area contributed by atoms with E-state index < -0.39 is 5.97 Å². The first-order valence-electron chi connectivity index (χ1n) is 5.10. The van der Waals surface area contributed by atoms with Crippen molar-refractivity contribution in [3.8, 4) is 5.75 Å². The lowest BCUT2D eigenvalue weighted by atomic mass is 10.3. The molecular weight excluding hydrogens is 258 g/mol. The van der Waals surface area contributed by atoms with E-state index in [9.17, 15) is 9.90 Å². The van der Waals surface area contributed by atoms with Crippen LogP contribution < -0.4 is 5.32 Å². The highest BCUT2D eigenvalue weighted by Crippen LogP contribution is 2.26. The van der Waals surface area contributed by atoms with Crippen LogP contribution in [0.5, 0.6) is 5.75 Å². The summed E-state index contributed by atoms with van der Waals surface area (Å²) in [6.07, 6.45) is 0. The molecule has 2 aromatic rings. The Morgan fingerprint density at radius 1 is 1.33 bits per heavy atom. The number of rotatable bonds is 4. The Labute approximate surface area is 108 Å². The quantitative estimate of drug-likeness (QED) is 0.742. The van der Waals surface area contributed by atoms with Crippen LogP contribution in [0.15, 0.2) is 34.7 Å². The number of carbonyl (C=O) groups is 1. The van der Waals surface area contributed by atoms with E-state index in [2.05, 4.69) is 5.32 Å². The summed E-state index contributed by atoms with van der Waals surface area (Å²) in [5.41, 5.74) is 0.700. The average molecular weight is 268 g/mol. The lowest BCUT2D eigenvalue weighted by molar-refractivity contribution is 0.0660. The Morgan fingerprint density at radius 2 is 2.11 bits per heavy atom. The molecule has 94 valence electrons. The highest BCUT2D eigenvalue weighted by molar-refractivity contribution is 6.32. The lowest BCUT2D eigenvalue weighted by Gasteiger charge is -2.05. The largest absolute Gasteiger partial charge is 0.506 e. The van der Waals surface area contributed by atoms with Crippen LogP contribution in [0.2, 0.25) is 5.02 Å². The van der Waals surface area contributed by atoms with Crippen molar-refractivity contribution in [1.29, 1.82) is 0 Å². The zero-order valence-corrected chi connectivity index (χ0v) is 9.94. The predicted octanol–water partition coefficient (Wildman–Crippen LogP) is 2.95. The fourth-order valence-electron chi connectivity index (χ4n) is 1.39. The highest BCUT2D eigenvalue weighted by atomic mass is 35.5. The van der Waals surface area contributed by atoms with Crippen LogP contribution in [0, 0.1) is 0 Å². The van der Waals surface area contributed by atoms with Crippen LogP contribution in [0.25, 0.3) is 0 Å². The van der Waals surface area contributed by atoms with E-state index in [-0.39, 0.29) is 16.5 Å². The van der Waals surface area contributed by atoms with Crippen LogP contribution in [-0.2, 0) is 6.54 Å². The van der Waals surface area contributed by atoms with E-state index in [0.29, 0.717) is 18.0 Å². The number of halogens is 1. The van der Waals surface area contributed by atoms with Gasteiger partial charge < -0.3 is 19.9 Å². The zero-order valence-electron chi connectivity index (χ0n) is 9.18. The molecule has 0 unspecified atom stereocenters. The molecule has 0 bridgehead atoms. The third-order valence-electron chi connectivity index (χ3n) is 2.29. The summed E-state index contributed by atoms with van der Waals surface area (Å²) in [6.45, 7) is 0.328. The van der Waals surface area contributed by atoms with E-state index in [1.807, 2.05) is 0 Å². The number of phenolic OH excluding ortho intramolecular Hbond substituents is 1. The molecule has 0 spiro atoms. The number of benzene rings is 1. The van der Waals surface area contributed by atoms with Crippen molar-refractivity contribution in [2.75, 3.05) is 5.32 Å². The molecule has 0 saturated carbocycles. The summed E-state index contributed by atoms with van der Waals surface area (Å²) >= 11 is 5.75. The van der Waals surface area contributed by atoms with Gasteiger partial charge in [0.1, 0.15) is 11.5 Å². The van der Waals surface area contributed by atoms with Gasteiger partial charge in [-0.05, 0) is 30.3 Å². The van der Waals surface area contributed by atoms with Gasteiger partial charge in [-0.15, -0.1) is 0 Å². The second kappa shape index (κ2) is 5.01. The van der Waals surface area contributed by atoms with E-state index >= 15 is 0 Å². The third-order valence-corrected chi connectivity index (χ3v) is 2.59. The summed E-state index contributed by atoms with van der Waals surface area (Å²) in [6, 6.07) is 7.66. The number of phenols is 1. The van der Waals surface area contributed by atoms with E-state index in [4.69, 9.17) is 21.1 Å². The first kappa shape index (κ1) is 12.3. The molecule has 1 heterocycles. The molecule has 6 heteroatoms. The number of aromatic carboxylic acids is 1. The van der Waals surface area contributed by atoms with Gasteiger partial charge in [0.05, 0.1) is 11.6 Å². The molecule has 1 aromatic heterocycles. The maximum Gasteiger partial charge on any atom is 0.371 e. The first-order valence-corrected chi connectivity index (χ1v) is 5.48. The second-order valence-corrected chi connectivity index (χ2v) is 4.00. The van der Waals surface area contributed by atoms with Crippen molar-refractivity contribution in [2.24, 2.45) is 0 Å². The molecule has 0 amide bonds. The van der Waals surface area contributed by atoms with Crippen LogP contribution >= 0.6 is 11.6 Å². The zero-order chi connectivity index (χ0) is 13.1. The Hall–Kier alpha value is -2.14. The predicted molar refractivity (Wildman–Crippen MR) is 66.1 cm³/mol. The van der Waals surface area contributed by atoms with E-state index in [0.717, 1.165) is 0 Å². The van der Waals surface area contributed by atoms with Crippen molar-refractivity contribution < 1.29 is 19.4 Å². The highest BCUT2D eigenvalue weighted by Gasteiger charge is 2.08. The van der Waals surface area contributed by atoms with E-state index in [1.165, 1.54) is 12.1 Å². The minimum atomic E-state index is -1.10. The number of carboxylic acids is 1. The number of furan rings is 1. The number of carboxylic acid groups (broad SMARTS) is 1. The maximum absolute atomic E-state index is 10.6. The molecule has 0 fully saturated rings. The molecule has 0 aliphatic rings. The van der Waals surface area contributed by atoms with Gasteiger partial charge in [-0.2, -0.15) is 0 Å². The smallest absolute Gasteiger partial charge is 0.371 e. The van der Waals surface area contributed by atoms with E-state index in [1.54, 1.807) is 18.2 Å². The molecular formula is C12H10ClNO4. The molecule has 0 aliphatic heterocycles. The number of anilines is 1. The van der Waals surface area contributed by atoms with Gasteiger partial charge >= 0.3 is 5.97 Å². The summed E-state index contributed by atoms with van der Waals surface area (Å²) in [7, 11) is 0. The number of nitrogens with one attached hydrogen (secondary N) is 1. The van der Waals surface area contributed by atoms with Crippen molar-refractivity contribution in [3.63, 3.8) is 0 Å². The standard InChI is InChI=1S/C12H10ClNO4/c13-9-5-7(1-3-10(9)15)14-6-8-2-4-11(18-8)12(16)17/h1-5,14-15H,6H2,(H,16,17). The number of aromatic hydroxyl groups is 1. The number of hydrogen-bond donors (Lipinski definition) is 3. The normalized spacial score (nSPS) is 10.3. The molecule has 0 aliphatic carbocycles. The van der Waals surface area contributed by atoms with Gasteiger partial charge in [0.25, 0.3) is 0 Å². The fraction of sp³-hybridized carbons (Fsp3) is 0.0833. The molecule has 0 atom stereocenters. The Kier molecular flexibility index (Phi) is 3.43. The fourth-order valence-corrected chi connectivity index (χ4v) is 1.57. The van der Waals surface area contributed by atoms with Gasteiger partial charge in [0.15, 0.2) is 0 Å². The summed E-state index contributed by atoms with van der Waals surface area (Å²) in [4.78, 5) is 10.6. The molecule has 0 saturated heterocycles. The topological polar surface area (TPSA) is 82.7 Å². The molecule has 0 radical (unpaired) electrons. The summed E-state index contributed by atoms with van der Waals surface area (Å²) in [5.74, 6) is -0.700. The second-order valence-electron chi connectivity index (χ2n) is 3.59. The Bertz CT molecular complexity index is 579. The summed E-state index contributed by atoms with van der Waals surface area (Å²) < 4.78 is 5.08. The molecule has 3 N–H and O–H groups in total. The van der Waals surface area contributed by atoms with Gasteiger partial charge in [0, 0.05) is 5.69 Å². The van der Waals surface area contributed by atoms with Crippen molar-refractivity contribution in [3.05, 3.63) is 46.9 Å². The molecule has 18 heavy (non-hydrogen) atoms. The van der Waals surface area contributed by atoms with Gasteiger partial charge in [-0.3, -0.25) is 0 Å². The third kappa shape index (κ3) is 2.75. The van der Waals surface area contributed by atoms with Crippen LogP contribution in [0.1, 0.15) is 16.3 Å². The van der Waals surface area contributed by atoms with Crippen molar-refractivity contribution in [1.82, 2.24) is 0 Å². The molecule has 5 nitrogen and oxygen atoms in total. The average Bonchev–Trinajstić information content (AvgIpc) is 2.79. The van der Waals surface area contributed by atoms with Gasteiger partial charge in [-0.25, -0.2) is 4.79 Å². The summed E-state index contributed by atoms with van der Waals surface area (Å²) in [5, 5.41) is 21.2. The molecule has 1 aromatic carbocycles. The molecule has 2 rings (SSSR count). The maximum atomic E-state index is 10.6. The number of hydrogen-bond acceptors (Lipinski definition) is 4. The van der Waals surface area contributed by atoms with Crippen molar-refractivity contribution in [2.45, 2.75) is 6.54 Å².